The molecule has 0 aliphatic heterocycles. The minimum Gasteiger partial charge on any atom is -0.383 e. The molecule has 0 saturated carbocycles. The minimum absolute atomic E-state index is 0.0354. The van der Waals surface area contributed by atoms with Crippen LogP contribution in [0.3, 0.4) is 0 Å². The van der Waals surface area contributed by atoms with Gasteiger partial charge in [-0.25, -0.2) is 0 Å². The van der Waals surface area contributed by atoms with Gasteiger partial charge in [-0.2, -0.15) is 0 Å². The molecule has 2 nitrogen and oxygen atoms in total. The van der Waals surface area contributed by atoms with Gasteiger partial charge in [0.1, 0.15) is 0 Å². The second kappa shape index (κ2) is 4.91. The van der Waals surface area contributed by atoms with Crippen LogP contribution < -0.4 is 5.73 Å². The molecule has 14 heavy (non-hydrogen) atoms. The Morgan fingerprint density at radius 3 is 2.57 bits per heavy atom. The summed E-state index contributed by atoms with van der Waals surface area (Å²) in [4.78, 5) is 0. The molecule has 0 amide bonds. The molecule has 0 aliphatic carbocycles. The highest BCUT2D eigenvalue weighted by Crippen LogP contribution is 2.24. The fourth-order valence-corrected chi connectivity index (χ4v) is 1.93. The van der Waals surface area contributed by atoms with Gasteiger partial charge in [-0.15, -0.1) is 0 Å². The molecular weight excluding hydrogens is 242 g/mol. The first-order valence-corrected chi connectivity index (χ1v) is 5.36. The van der Waals surface area contributed by atoms with Crippen LogP contribution in [0.2, 0.25) is 0 Å². The average molecular weight is 258 g/mol. The molecule has 0 spiro atoms. The topological polar surface area (TPSA) is 35.2 Å². The molecule has 2 N–H and O–H groups in total. The first-order valence-electron chi connectivity index (χ1n) is 4.57. The van der Waals surface area contributed by atoms with E-state index < -0.39 is 0 Å². The van der Waals surface area contributed by atoms with Gasteiger partial charge in [-0.3, -0.25) is 0 Å². The van der Waals surface area contributed by atoms with Crippen LogP contribution in [0, 0.1) is 13.8 Å². The predicted molar refractivity (Wildman–Crippen MR) is 62.4 cm³/mol. The molecule has 0 heterocycles. The molecule has 3 heteroatoms. The molecule has 0 aromatic heterocycles. The fourth-order valence-electron chi connectivity index (χ4n) is 1.47. The Bertz CT molecular complexity index is 325. The molecule has 1 aromatic carbocycles. The summed E-state index contributed by atoms with van der Waals surface area (Å²) in [6, 6.07) is 4.18. The van der Waals surface area contributed by atoms with Gasteiger partial charge in [-0.1, -0.05) is 22.0 Å². The van der Waals surface area contributed by atoms with E-state index in [1.807, 2.05) is 0 Å². The molecule has 0 aliphatic rings. The zero-order valence-corrected chi connectivity index (χ0v) is 10.4. The van der Waals surface area contributed by atoms with Gasteiger partial charge in [0, 0.05) is 11.6 Å². The third-order valence-corrected chi connectivity index (χ3v) is 3.15. The molecule has 0 fully saturated rings. The zero-order valence-electron chi connectivity index (χ0n) is 8.80. The van der Waals surface area contributed by atoms with Crippen molar-refractivity contribution in [2.45, 2.75) is 19.9 Å². The summed E-state index contributed by atoms with van der Waals surface area (Å²) in [5, 5.41) is 0. The van der Waals surface area contributed by atoms with E-state index in [1.165, 1.54) is 11.1 Å². The second-order valence-electron chi connectivity index (χ2n) is 3.52. The van der Waals surface area contributed by atoms with Crippen LogP contribution >= 0.6 is 15.9 Å². The Morgan fingerprint density at radius 1 is 1.36 bits per heavy atom. The Kier molecular flexibility index (Phi) is 4.11. The lowest BCUT2D eigenvalue weighted by Crippen LogP contribution is -2.17. The van der Waals surface area contributed by atoms with Crippen LogP contribution in [-0.4, -0.2) is 13.7 Å². The van der Waals surface area contributed by atoms with Gasteiger partial charge < -0.3 is 10.5 Å². The molecule has 1 unspecified atom stereocenters. The van der Waals surface area contributed by atoms with E-state index in [0.717, 1.165) is 10.0 Å². The van der Waals surface area contributed by atoms with Crippen molar-refractivity contribution in [3.8, 4) is 0 Å². The average Bonchev–Trinajstić information content (AvgIpc) is 2.11. The minimum atomic E-state index is -0.0354. The molecule has 1 rings (SSSR count). The normalized spacial score (nSPS) is 12.9. The second-order valence-corrected chi connectivity index (χ2v) is 4.37. The summed E-state index contributed by atoms with van der Waals surface area (Å²) in [5.74, 6) is 0. The van der Waals surface area contributed by atoms with E-state index in [9.17, 15) is 0 Å². The monoisotopic (exact) mass is 257 g/mol. The summed E-state index contributed by atoms with van der Waals surface area (Å²) in [6.07, 6.45) is 0. The summed E-state index contributed by atoms with van der Waals surface area (Å²) >= 11 is 3.50. The van der Waals surface area contributed by atoms with E-state index in [4.69, 9.17) is 10.5 Å². The summed E-state index contributed by atoms with van der Waals surface area (Å²) in [5.41, 5.74) is 9.55. The van der Waals surface area contributed by atoms with Gasteiger partial charge >= 0.3 is 0 Å². The highest BCUT2D eigenvalue weighted by atomic mass is 79.9. The molecule has 0 saturated heterocycles. The third kappa shape index (κ3) is 2.56. The largest absolute Gasteiger partial charge is 0.383 e. The number of halogens is 1. The van der Waals surface area contributed by atoms with Crippen molar-refractivity contribution >= 4 is 15.9 Å². The maximum Gasteiger partial charge on any atom is 0.0655 e. The van der Waals surface area contributed by atoms with Crippen LogP contribution in [0.15, 0.2) is 16.6 Å². The van der Waals surface area contributed by atoms with Crippen molar-refractivity contribution in [2.24, 2.45) is 5.73 Å². The van der Waals surface area contributed by atoms with E-state index in [0.29, 0.717) is 6.61 Å². The van der Waals surface area contributed by atoms with Crippen molar-refractivity contribution in [3.05, 3.63) is 33.3 Å². The SMILES string of the molecule is COCC(N)c1cc(C)c(Br)cc1C. The van der Waals surface area contributed by atoms with E-state index in [2.05, 4.69) is 41.9 Å². The van der Waals surface area contributed by atoms with E-state index >= 15 is 0 Å². The lowest BCUT2D eigenvalue weighted by atomic mass is 10.00. The number of benzene rings is 1. The van der Waals surface area contributed by atoms with Crippen molar-refractivity contribution in [3.63, 3.8) is 0 Å². The van der Waals surface area contributed by atoms with Gasteiger partial charge in [0.15, 0.2) is 0 Å². The van der Waals surface area contributed by atoms with Crippen molar-refractivity contribution in [1.82, 2.24) is 0 Å². The Morgan fingerprint density at radius 2 is 2.00 bits per heavy atom. The smallest absolute Gasteiger partial charge is 0.0655 e. The predicted octanol–water partition coefficient (Wildman–Crippen LogP) is 2.71. The van der Waals surface area contributed by atoms with Gasteiger partial charge in [0.2, 0.25) is 0 Å². The fraction of sp³-hybridized carbons (Fsp3) is 0.455. The number of hydrogen-bond acceptors (Lipinski definition) is 2. The van der Waals surface area contributed by atoms with Crippen LogP contribution in [0.25, 0.3) is 0 Å². The van der Waals surface area contributed by atoms with Crippen LogP contribution in [0.4, 0.5) is 0 Å². The van der Waals surface area contributed by atoms with E-state index in [-0.39, 0.29) is 6.04 Å². The molecule has 0 radical (unpaired) electrons. The standard InChI is InChI=1S/C11H16BrNO/c1-7-5-10(12)8(2)4-9(7)11(13)6-14-3/h4-5,11H,6,13H2,1-3H3. The quantitative estimate of drug-likeness (QED) is 0.904. The maximum atomic E-state index is 5.99. The van der Waals surface area contributed by atoms with Gasteiger partial charge in [0.25, 0.3) is 0 Å². The first-order chi connectivity index (χ1) is 6.56. The van der Waals surface area contributed by atoms with Crippen molar-refractivity contribution < 1.29 is 4.74 Å². The van der Waals surface area contributed by atoms with E-state index in [1.54, 1.807) is 7.11 Å². The summed E-state index contributed by atoms with van der Waals surface area (Å²) in [6.45, 7) is 4.68. The number of nitrogens with two attached hydrogens (primary N) is 1. The molecular formula is C11H16BrNO. The highest BCUT2D eigenvalue weighted by molar-refractivity contribution is 9.10. The number of hydrogen-bond donors (Lipinski definition) is 1. The number of rotatable bonds is 3. The van der Waals surface area contributed by atoms with Gasteiger partial charge in [-0.05, 0) is 36.6 Å². The molecule has 1 atom stereocenters. The lowest BCUT2D eigenvalue weighted by molar-refractivity contribution is 0.180. The van der Waals surface area contributed by atoms with Crippen LogP contribution in [0.1, 0.15) is 22.7 Å². The number of ether oxygens (including phenoxy) is 1. The first kappa shape index (κ1) is 11.7. The number of aryl methyl sites for hydroxylation is 2. The Hall–Kier alpha value is -0.380. The van der Waals surface area contributed by atoms with Crippen molar-refractivity contribution in [2.75, 3.05) is 13.7 Å². The molecule has 0 bridgehead atoms. The molecule has 78 valence electrons. The Balaban J connectivity index is 3.02. The Labute approximate surface area is 93.6 Å². The van der Waals surface area contributed by atoms with Crippen LogP contribution in [0.5, 0.6) is 0 Å². The highest BCUT2D eigenvalue weighted by Gasteiger charge is 2.10. The lowest BCUT2D eigenvalue weighted by Gasteiger charge is -2.15. The number of methoxy groups -OCH3 is 1. The van der Waals surface area contributed by atoms with Gasteiger partial charge in [0.05, 0.1) is 12.6 Å². The summed E-state index contributed by atoms with van der Waals surface area (Å²) < 4.78 is 6.17. The zero-order chi connectivity index (χ0) is 10.7. The summed E-state index contributed by atoms with van der Waals surface area (Å²) in [7, 11) is 1.67. The van der Waals surface area contributed by atoms with Crippen molar-refractivity contribution in [1.29, 1.82) is 0 Å². The maximum absolute atomic E-state index is 5.99. The van der Waals surface area contributed by atoms with Crippen LogP contribution in [-0.2, 0) is 4.74 Å². The molecule has 1 aromatic rings. The third-order valence-electron chi connectivity index (χ3n) is 2.29.